The van der Waals surface area contributed by atoms with E-state index in [9.17, 15) is 0 Å². The first-order valence-corrected chi connectivity index (χ1v) is 7.68. The van der Waals surface area contributed by atoms with Gasteiger partial charge in [0.05, 0.1) is 12.3 Å². The Morgan fingerprint density at radius 3 is 3.00 bits per heavy atom. The molecule has 1 atom stereocenters. The molecule has 22 heavy (non-hydrogen) atoms. The minimum Gasteiger partial charge on any atom is -0.493 e. The monoisotopic (exact) mass is 288 g/mol. The number of nitrogens with one attached hydrogen (secondary N) is 1. The molecule has 3 heterocycles. The fourth-order valence-electron chi connectivity index (χ4n) is 3.52. The second-order valence-corrected chi connectivity index (χ2v) is 5.86. The molecule has 108 valence electrons. The van der Waals surface area contributed by atoms with E-state index in [1.807, 2.05) is 0 Å². The molecule has 1 unspecified atom stereocenters. The predicted octanol–water partition coefficient (Wildman–Crippen LogP) is 4.06. The minimum absolute atomic E-state index is 0.130. The highest BCUT2D eigenvalue weighted by Gasteiger charge is 2.25. The summed E-state index contributed by atoms with van der Waals surface area (Å²) >= 11 is 0. The first kappa shape index (κ1) is 11.9. The molecule has 0 bridgehead atoms. The van der Waals surface area contributed by atoms with Gasteiger partial charge >= 0.3 is 0 Å². The van der Waals surface area contributed by atoms with Crippen LogP contribution in [0.25, 0.3) is 11.3 Å². The van der Waals surface area contributed by atoms with Crippen molar-refractivity contribution in [3.63, 3.8) is 0 Å². The number of fused-ring (bicyclic) bond motifs is 4. The van der Waals surface area contributed by atoms with Crippen molar-refractivity contribution in [2.75, 3.05) is 11.9 Å². The van der Waals surface area contributed by atoms with Gasteiger partial charge in [-0.25, -0.2) is 0 Å². The van der Waals surface area contributed by atoms with Crippen LogP contribution in [0.3, 0.4) is 0 Å². The van der Waals surface area contributed by atoms with Crippen molar-refractivity contribution in [2.24, 2.45) is 0 Å². The van der Waals surface area contributed by atoms with E-state index in [4.69, 9.17) is 4.74 Å². The van der Waals surface area contributed by atoms with Gasteiger partial charge in [-0.2, -0.15) is 0 Å². The van der Waals surface area contributed by atoms with E-state index in [1.165, 1.54) is 28.1 Å². The molecule has 0 spiro atoms. The highest BCUT2D eigenvalue weighted by Crippen LogP contribution is 2.39. The molecule has 0 aliphatic carbocycles. The van der Waals surface area contributed by atoms with Crippen molar-refractivity contribution in [3.05, 3.63) is 71.9 Å². The average molecular weight is 288 g/mol. The maximum Gasteiger partial charge on any atom is 0.129 e. The lowest BCUT2D eigenvalue weighted by Crippen LogP contribution is -2.23. The summed E-state index contributed by atoms with van der Waals surface area (Å²) in [5.41, 5.74) is 6.29. The van der Waals surface area contributed by atoms with Gasteiger partial charge in [0, 0.05) is 23.9 Å². The Bertz CT molecular complexity index is 865. The van der Waals surface area contributed by atoms with Crippen LogP contribution in [0.2, 0.25) is 0 Å². The zero-order valence-electron chi connectivity index (χ0n) is 12.1. The van der Waals surface area contributed by atoms with Gasteiger partial charge in [0.2, 0.25) is 0 Å². The van der Waals surface area contributed by atoms with Gasteiger partial charge in [-0.15, -0.1) is 0 Å². The number of aromatic nitrogens is 1. The third-order valence-corrected chi connectivity index (χ3v) is 4.58. The number of anilines is 1. The first-order chi connectivity index (χ1) is 10.9. The van der Waals surface area contributed by atoms with Crippen LogP contribution in [0.1, 0.15) is 17.3 Å². The second-order valence-electron chi connectivity index (χ2n) is 5.86. The normalized spacial score (nSPS) is 17.9. The molecule has 0 saturated carbocycles. The molecule has 3 nitrogen and oxygen atoms in total. The molecule has 1 N–H and O–H groups in total. The number of hydrogen-bond donors (Lipinski definition) is 1. The Morgan fingerprint density at radius 1 is 1.05 bits per heavy atom. The highest BCUT2D eigenvalue weighted by atomic mass is 16.5. The third kappa shape index (κ3) is 1.62. The largest absolute Gasteiger partial charge is 0.493 e. The lowest BCUT2D eigenvalue weighted by molar-refractivity contribution is 0.357. The summed E-state index contributed by atoms with van der Waals surface area (Å²) in [6.07, 6.45) is 3.28. The first-order valence-electron chi connectivity index (χ1n) is 7.68. The lowest BCUT2D eigenvalue weighted by Gasteiger charge is -2.31. The maximum atomic E-state index is 5.62. The fraction of sp³-hybridized carbons (Fsp3) is 0.158. The van der Waals surface area contributed by atoms with E-state index in [0.717, 1.165) is 18.8 Å². The van der Waals surface area contributed by atoms with Crippen molar-refractivity contribution in [3.8, 4) is 17.0 Å². The van der Waals surface area contributed by atoms with Gasteiger partial charge in [-0.3, -0.25) is 0 Å². The van der Waals surface area contributed by atoms with Crippen molar-refractivity contribution in [1.29, 1.82) is 0 Å². The van der Waals surface area contributed by atoms with Crippen molar-refractivity contribution in [2.45, 2.75) is 12.6 Å². The van der Waals surface area contributed by atoms with Gasteiger partial charge in [-0.1, -0.05) is 24.3 Å². The smallest absolute Gasteiger partial charge is 0.129 e. The van der Waals surface area contributed by atoms with Crippen LogP contribution in [0, 0.1) is 0 Å². The zero-order chi connectivity index (χ0) is 14.5. The zero-order valence-corrected chi connectivity index (χ0v) is 12.1. The molecule has 1 aromatic heterocycles. The van der Waals surface area contributed by atoms with E-state index in [1.54, 1.807) is 0 Å². The number of benzene rings is 2. The standard InChI is InChI=1S/C19H16N2O/c1-2-5-16-15(4-1)17-6-3-10-21(17)19(20-16)14-7-8-18-13(12-14)9-11-22-18/h1-8,10,12,19-20H,9,11H2. The maximum absolute atomic E-state index is 5.62. The quantitative estimate of drug-likeness (QED) is 0.730. The highest BCUT2D eigenvalue weighted by molar-refractivity contribution is 5.78. The summed E-state index contributed by atoms with van der Waals surface area (Å²) in [7, 11) is 0. The molecule has 5 rings (SSSR count). The summed E-state index contributed by atoms with van der Waals surface area (Å²) in [4.78, 5) is 0. The molecule has 0 amide bonds. The molecule has 0 saturated heterocycles. The molecular weight excluding hydrogens is 272 g/mol. The molecule has 2 aliphatic heterocycles. The van der Waals surface area contributed by atoms with Crippen molar-refractivity contribution < 1.29 is 4.74 Å². The number of ether oxygens (including phenoxy) is 1. The third-order valence-electron chi connectivity index (χ3n) is 4.58. The lowest BCUT2D eigenvalue weighted by atomic mass is 10.0. The molecule has 2 aliphatic rings. The summed E-state index contributed by atoms with van der Waals surface area (Å²) in [6.45, 7) is 0.800. The topological polar surface area (TPSA) is 26.2 Å². The van der Waals surface area contributed by atoms with E-state index >= 15 is 0 Å². The molecular formula is C19H16N2O. The molecule has 3 aromatic rings. The fourth-order valence-corrected chi connectivity index (χ4v) is 3.52. The predicted molar refractivity (Wildman–Crippen MR) is 87.3 cm³/mol. The van der Waals surface area contributed by atoms with Gasteiger partial charge in [-0.05, 0) is 41.5 Å². The summed E-state index contributed by atoms with van der Waals surface area (Å²) in [6, 6.07) is 19.3. The van der Waals surface area contributed by atoms with Gasteiger partial charge in [0.1, 0.15) is 11.9 Å². The number of rotatable bonds is 1. The van der Waals surface area contributed by atoms with Crippen LogP contribution < -0.4 is 10.1 Å². The summed E-state index contributed by atoms with van der Waals surface area (Å²) in [5, 5.41) is 3.67. The molecule has 0 radical (unpaired) electrons. The minimum atomic E-state index is 0.130. The Labute approximate surface area is 129 Å². The van der Waals surface area contributed by atoms with Crippen LogP contribution in [0.15, 0.2) is 60.8 Å². The number of nitrogens with zero attached hydrogens (tertiary/aromatic N) is 1. The Balaban J connectivity index is 1.65. The van der Waals surface area contributed by atoms with Crippen LogP contribution in [0.4, 0.5) is 5.69 Å². The van der Waals surface area contributed by atoms with Gasteiger partial charge < -0.3 is 14.6 Å². The Kier molecular flexibility index (Phi) is 2.39. The average Bonchev–Trinajstić information content (AvgIpc) is 3.22. The molecule has 2 aromatic carbocycles. The van der Waals surface area contributed by atoms with E-state index in [-0.39, 0.29) is 6.17 Å². The summed E-state index contributed by atoms with van der Waals surface area (Å²) in [5.74, 6) is 1.03. The Morgan fingerprint density at radius 2 is 2.00 bits per heavy atom. The molecule has 0 fully saturated rings. The van der Waals surface area contributed by atoms with Gasteiger partial charge in [0.15, 0.2) is 0 Å². The second kappa shape index (κ2) is 4.41. The van der Waals surface area contributed by atoms with Crippen molar-refractivity contribution in [1.82, 2.24) is 4.57 Å². The number of hydrogen-bond acceptors (Lipinski definition) is 2. The van der Waals surface area contributed by atoms with E-state index in [0.29, 0.717) is 0 Å². The summed E-state index contributed by atoms with van der Waals surface area (Å²) < 4.78 is 7.93. The van der Waals surface area contributed by atoms with Crippen LogP contribution in [-0.4, -0.2) is 11.2 Å². The van der Waals surface area contributed by atoms with Crippen LogP contribution in [-0.2, 0) is 6.42 Å². The van der Waals surface area contributed by atoms with Gasteiger partial charge in [0.25, 0.3) is 0 Å². The SMILES string of the molecule is c1ccc2c(c1)NC(c1ccc3c(c1)CCO3)n1cccc1-2. The van der Waals surface area contributed by atoms with E-state index in [2.05, 4.69) is 70.7 Å². The van der Waals surface area contributed by atoms with Crippen molar-refractivity contribution >= 4 is 5.69 Å². The Hall–Kier alpha value is -2.68. The molecule has 3 heteroatoms. The van der Waals surface area contributed by atoms with Crippen LogP contribution >= 0.6 is 0 Å². The van der Waals surface area contributed by atoms with Crippen LogP contribution in [0.5, 0.6) is 5.75 Å². The number of para-hydroxylation sites is 1. The van der Waals surface area contributed by atoms with E-state index < -0.39 is 0 Å².